The number of aryl methyl sites for hydroxylation is 2. The minimum absolute atomic E-state index is 0.000937. The van der Waals surface area contributed by atoms with Crippen LogP contribution in [0.2, 0.25) is 5.02 Å². The van der Waals surface area contributed by atoms with Gasteiger partial charge in [-0.05, 0) is 86.1 Å². The zero-order chi connectivity index (χ0) is 32.2. The van der Waals surface area contributed by atoms with Crippen molar-refractivity contribution in [2.45, 2.75) is 27.1 Å². The highest BCUT2D eigenvalue weighted by atomic mass is 35.5. The van der Waals surface area contributed by atoms with E-state index in [0.29, 0.717) is 28.6 Å². The molecule has 3 aromatic carbocycles. The number of carbonyl (C=O) groups is 1. The monoisotopic (exact) mass is 642 g/mol. The topological polar surface area (TPSA) is 140 Å². The number of hydrogen-bond donors (Lipinski definition) is 1. The molecule has 0 radical (unpaired) electrons. The molecule has 46 heavy (non-hydrogen) atoms. The smallest absolute Gasteiger partial charge is 0.313 e. The summed E-state index contributed by atoms with van der Waals surface area (Å²) in [4.78, 5) is 23.9. The number of aromatic nitrogens is 1. The SMILES string of the molecule is Cc1ccc(C)n1-c1ccc(OCc2ccc(C(=O)N/N=C/c3cc(Cl)cc([N+](=O)[O-])c3OCc3ccc4c(c3)OCO4)o2)cc1. The Labute approximate surface area is 267 Å². The van der Waals surface area contributed by atoms with E-state index >= 15 is 0 Å². The first-order valence-corrected chi connectivity index (χ1v) is 14.4. The summed E-state index contributed by atoms with van der Waals surface area (Å²) in [5.74, 6) is 1.52. The number of amides is 1. The first kappa shape index (κ1) is 30.3. The summed E-state index contributed by atoms with van der Waals surface area (Å²) in [6, 6.07) is 22.8. The van der Waals surface area contributed by atoms with Crippen molar-refractivity contribution in [1.82, 2.24) is 9.99 Å². The third-order valence-corrected chi connectivity index (χ3v) is 7.30. The molecule has 6 rings (SSSR count). The Morgan fingerprint density at radius 3 is 2.50 bits per heavy atom. The molecule has 1 amide bonds. The van der Waals surface area contributed by atoms with Gasteiger partial charge in [0.15, 0.2) is 17.3 Å². The van der Waals surface area contributed by atoms with Crippen molar-refractivity contribution in [2.24, 2.45) is 5.10 Å². The van der Waals surface area contributed by atoms with Crippen LogP contribution in [-0.4, -0.2) is 28.4 Å². The molecule has 0 spiro atoms. The summed E-state index contributed by atoms with van der Waals surface area (Å²) in [5.41, 5.74) is 6.17. The Morgan fingerprint density at radius 1 is 0.978 bits per heavy atom. The molecule has 13 heteroatoms. The number of nitrogens with one attached hydrogen (secondary N) is 1. The van der Waals surface area contributed by atoms with Crippen LogP contribution in [0.15, 0.2) is 88.4 Å². The molecule has 0 bridgehead atoms. The van der Waals surface area contributed by atoms with Crippen LogP contribution < -0.4 is 24.4 Å². The van der Waals surface area contributed by atoms with Crippen LogP contribution in [0.3, 0.4) is 0 Å². The molecule has 0 aliphatic carbocycles. The Bertz CT molecular complexity index is 1930. The highest BCUT2D eigenvalue weighted by molar-refractivity contribution is 6.31. The van der Waals surface area contributed by atoms with E-state index in [2.05, 4.69) is 27.2 Å². The van der Waals surface area contributed by atoms with Crippen LogP contribution in [0.1, 0.15) is 38.8 Å². The maximum absolute atomic E-state index is 12.7. The fourth-order valence-corrected chi connectivity index (χ4v) is 5.11. The van der Waals surface area contributed by atoms with Crippen molar-refractivity contribution >= 4 is 29.4 Å². The standard InChI is InChI=1S/C33H27ClN4O8/c1-20-3-4-21(2)37(20)25-6-8-26(9-7-25)42-18-27-10-12-30(46-27)33(39)36-35-16-23-14-24(34)15-28(38(40)41)32(23)43-17-22-5-11-29-31(13-22)45-19-44-29/h3-16H,17-19H2,1-2H3,(H,36,39)/b35-16+. The summed E-state index contributed by atoms with van der Waals surface area (Å²) < 4.78 is 30.1. The van der Waals surface area contributed by atoms with E-state index in [0.717, 1.165) is 17.1 Å². The number of hydrogen-bond acceptors (Lipinski definition) is 9. The highest BCUT2D eigenvalue weighted by Crippen LogP contribution is 2.36. The van der Waals surface area contributed by atoms with Gasteiger partial charge in [-0.15, -0.1) is 0 Å². The number of halogens is 1. The zero-order valence-electron chi connectivity index (χ0n) is 24.7. The molecule has 1 aliphatic heterocycles. The van der Waals surface area contributed by atoms with Gasteiger partial charge in [0.05, 0.1) is 11.1 Å². The average molecular weight is 643 g/mol. The number of nitrogens with zero attached hydrogens (tertiary/aromatic N) is 3. The van der Waals surface area contributed by atoms with Gasteiger partial charge in [0.25, 0.3) is 0 Å². The van der Waals surface area contributed by atoms with Crippen molar-refractivity contribution in [1.29, 1.82) is 0 Å². The normalized spacial score (nSPS) is 12.0. The van der Waals surface area contributed by atoms with Crippen LogP contribution in [0.25, 0.3) is 5.69 Å². The van der Waals surface area contributed by atoms with Crippen molar-refractivity contribution < 1.29 is 33.1 Å². The van der Waals surface area contributed by atoms with Gasteiger partial charge in [0.2, 0.25) is 12.5 Å². The maximum Gasteiger partial charge on any atom is 0.313 e. The second kappa shape index (κ2) is 13.1. The Hall–Kier alpha value is -5.75. The highest BCUT2D eigenvalue weighted by Gasteiger charge is 2.22. The minimum Gasteiger partial charge on any atom is -0.486 e. The molecule has 1 aliphatic rings. The van der Waals surface area contributed by atoms with Crippen LogP contribution in [-0.2, 0) is 13.2 Å². The molecule has 0 atom stereocenters. The second-order valence-electron chi connectivity index (χ2n) is 10.3. The van der Waals surface area contributed by atoms with E-state index in [1.54, 1.807) is 24.3 Å². The van der Waals surface area contributed by atoms with Gasteiger partial charge in [-0.1, -0.05) is 17.7 Å². The molecule has 234 valence electrons. The van der Waals surface area contributed by atoms with Crippen LogP contribution in [0, 0.1) is 24.0 Å². The third-order valence-electron chi connectivity index (χ3n) is 7.08. The van der Waals surface area contributed by atoms with E-state index in [1.165, 1.54) is 24.4 Å². The number of hydrazone groups is 1. The van der Waals surface area contributed by atoms with Gasteiger partial charge >= 0.3 is 11.6 Å². The number of furan rings is 1. The van der Waals surface area contributed by atoms with Crippen molar-refractivity contribution in [2.75, 3.05) is 6.79 Å². The van der Waals surface area contributed by atoms with Gasteiger partial charge in [0.1, 0.15) is 24.7 Å². The number of rotatable bonds is 11. The molecule has 0 saturated carbocycles. The van der Waals surface area contributed by atoms with Gasteiger partial charge < -0.3 is 27.9 Å². The number of carbonyl (C=O) groups excluding carboxylic acids is 1. The summed E-state index contributed by atoms with van der Waals surface area (Å²) in [5, 5.41) is 15.8. The first-order valence-electron chi connectivity index (χ1n) is 14.0. The molecular weight excluding hydrogens is 616 g/mol. The molecule has 1 N–H and O–H groups in total. The lowest BCUT2D eigenvalue weighted by molar-refractivity contribution is -0.385. The maximum atomic E-state index is 12.7. The van der Waals surface area contributed by atoms with Gasteiger partial charge in [0, 0.05) is 33.7 Å². The largest absolute Gasteiger partial charge is 0.486 e. The van der Waals surface area contributed by atoms with Crippen LogP contribution in [0.5, 0.6) is 23.0 Å². The van der Waals surface area contributed by atoms with Crippen molar-refractivity contribution in [3.05, 3.63) is 128 Å². The Kier molecular flexibility index (Phi) is 8.61. The predicted octanol–water partition coefficient (Wildman–Crippen LogP) is 6.90. The molecule has 0 unspecified atom stereocenters. The number of fused-ring (bicyclic) bond motifs is 1. The quantitative estimate of drug-likeness (QED) is 0.0932. The fourth-order valence-electron chi connectivity index (χ4n) is 4.89. The number of nitro groups is 1. The summed E-state index contributed by atoms with van der Waals surface area (Å²) >= 11 is 6.14. The molecule has 12 nitrogen and oxygen atoms in total. The minimum atomic E-state index is -0.635. The molecule has 5 aromatic rings. The number of nitro benzene ring substituents is 1. The van der Waals surface area contributed by atoms with E-state index < -0.39 is 10.8 Å². The summed E-state index contributed by atoms with van der Waals surface area (Å²) in [6.07, 6.45) is 1.21. The van der Waals surface area contributed by atoms with E-state index in [-0.39, 0.29) is 47.8 Å². The lowest BCUT2D eigenvalue weighted by Gasteiger charge is -2.11. The first-order chi connectivity index (χ1) is 22.2. The molecular formula is C33H27ClN4O8. The van der Waals surface area contributed by atoms with Gasteiger partial charge in [-0.2, -0.15) is 5.10 Å². The molecule has 0 fully saturated rings. The van der Waals surface area contributed by atoms with Crippen molar-refractivity contribution in [3.8, 4) is 28.7 Å². The molecule has 2 aromatic heterocycles. The predicted molar refractivity (Wildman–Crippen MR) is 168 cm³/mol. The average Bonchev–Trinajstić information content (AvgIpc) is 3.79. The van der Waals surface area contributed by atoms with E-state index in [1.807, 2.05) is 38.1 Å². The van der Waals surface area contributed by atoms with Gasteiger partial charge in [-0.3, -0.25) is 14.9 Å². The van der Waals surface area contributed by atoms with Crippen LogP contribution in [0.4, 0.5) is 5.69 Å². The van der Waals surface area contributed by atoms with Crippen molar-refractivity contribution in [3.63, 3.8) is 0 Å². The molecule has 0 saturated heterocycles. The fraction of sp³-hybridized carbons (Fsp3) is 0.152. The number of benzene rings is 3. The summed E-state index contributed by atoms with van der Waals surface area (Å²) in [6.45, 7) is 4.30. The van der Waals surface area contributed by atoms with Gasteiger partial charge in [-0.25, -0.2) is 5.43 Å². The molecule has 3 heterocycles. The second-order valence-corrected chi connectivity index (χ2v) is 10.7. The van der Waals surface area contributed by atoms with E-state index in [4.69, 9.17) is 35.0 Å². The zero-order valence-corrected chi connectivity index (χ0v) is 25.4. The third kappa shape index (κ3) is 6.66. The summed E-state index contributed by atoms with van der Waals surface area (Å²) in [7, 11) is 0. The van der Waals surface area contributed by atoms with E-state index in [9.17, 15) is 14.9 Å². The Morgan fingerprint density at radius 2 is 1.74 bits per heavy atom. The number of ether oxygens (including phenoxy) is 4. The van der Waals surface area contributed by atoms with Crippen LogP contribution >= 0.6 is 11.6 Å². The lowest BCUT2D eigenvalue weighted by Crippen LogP contribution is -2.17. The Balaban J connectivity index is 1.08. The lowest BCUT2D eigenvalue weighted by atomic mass is 10.1.